The molecule has 0 spiro atoms. The van der Waals surface area contributed by atoms with Crippen molar-refractivity contribution in [3.05, 3.63) is 65.0 Å². The number of anilines is 4. The normalized spacial score (nSPS) is 11.5. The third kappa shape index (κ3) is 7.21. The number of aromatic nitrogens is 2. The lowest BCUT2D eigenvalue weighted by molar-refractivity contribution is 0.0636. The first-order valence-electron chi connectivity index (χ1n) is 9.59. The van der Waals surface area contributed by atoms with E-state index in [4.69, 9.17) is 27.9 Å². The van der Waals surface area contributed by atoms with Crippen molar-refractivity contribution in [3.8, 4) is 0 Å². The third-order valence-corrected chi connectivity index (χ3v) is 5.72. The highest BCUT2D eigenvalue weighted by Gasteiger charge is 2.18. The monoisotopic (exact) mass is 509 g/mol. The minimum atomic E-state index is -3.95. The molecule has 3 aromatic rings. The van der Waals surface area contributed by atoms with E-state index in [0.29, 0.717) is 11.4 Å². The molecule has 12 heteroatoms. The highest BCUT2D eigenvalue weighted by Crippen LogP contribution is 2.26. The molecule has 0 bridgehead atoms. The van der Waals surface area contributed by atoms with E-state index in [9.17, 15) is 13.2 Å². The van der Waals surface area contributed by atoms with Crippen molar-refractivity contribution in [1.29, 1.82) is 0 Å². The van der Waals surface area contributed by atoms with Gasteiger partial charge in [0.1, 0.15) is 10.6 Å². The van der Waals surface area contributed by atoms with Gasteiger partial charge in [0.15, 0.2) is 5.82 Å². The second-order valence-electron chi connectivity index (χ2n) is 7.80. The van der Waals surface area contributed by atoms with Crippen LogP contribution < -0.4 is 15.4 Å². The number of halogens is 2. The Kier molecular flexibility index (Phi) is 7.31. The zero-order chi connectivity index (χ0) is 24.2. The number of amides is 1. The first-order chi connectivity index (χ1) is 15.4. The fourth-order valence-electron chi connectivity index (χ4n) is 2.61. The van der Waals surface area contributed by atoms with Gasteiger partial charge in [0.05, 0.1) is 16.8 Å². The van der Waals surface area contributed by atoms with Gasteiger partial charge in [-0.25, -0.2) is 18.2 Å². The zero-order valence-corrected chi connectivity index (χ0v) is 20.2. The van der Waals surface area contributed by atoms with Crippen LogP contribution >= 0.6 is 23.2 Å². The lowest BCUT2D eigenvalue weighted by Crippen LogP contribution is -2.27. The molecule has 1 heterocycles. The molecular formula is C21H21Cl2N5O4S. The first kappa shape index (κ1) is 24.6. The maximum atomic E-state index is 12.9. The summed E-state index contributed by atoms with van der Waals surface area (Å²) in [4.78, 5) is 19.7. The van der Waals surface area contributed by atoms with E-state index < -0.39 is 21.7 Å². The molecule has 0 aliphatic heterocycles. The number of carbonyl (C=O) groups is 1. The lowest BCUT2D eigenvalue weighted by Gasteiger charge is -2.19. The second-order valence-corrected chi connectivity index (χ2v) is 10.2. The molecule has 1 amide bonds. The largest absolute Gasteiger partial charge is 0.444 e. The molecule has 0 aliphatic carbocycles. The van der Waals surface area contributed by atoms with Crippen LogP contribution in [0.4, 0.5) is 27.7 Å². The van der Waals surface area contributed by atoms with Crippen LogP contribution in [0, 0.1) is 0 Å². The van der Waals surface area contributed by atoms with Gasteiger partial charge in [-0.15, -0.1) is 0 Å². The van der Waals surface area contributed by atoms with Gasteiger partial charge in [0, 0.05) is 11.4 Å². The molecule has 33 heavy (non-hydrogen) atoms. The molecule has 0 fully saturated rings. The predicted molar refractivity (Wildman–Crippen MR) is 129 cm³/mol. The maximum Gasteiger partial charge on any atom is 0.412 e. The van der Waals surface area contributed by atoms with Crippen LogP contribution in [0.15, 0.2) is 59.6 Å². The standard InChI is InChI=1S/C21H21Cl2N5O4S/c1-21(2,3)32-20(29)26-13-6-4-8-15(10-13)28-33(30,31)16-9-5-7-14(11-16)25-18-17(22)12-24-19(23)27-18/h4-12,28H,1-3H3,(H,26,29)(H,24,25,27). The van der Waals surface area contributed by atoms with E-state index in [1.165, 1.54) is 24.4 Å². The molecule has 0 aliphatic rings. The van der Waals surface area contributed by atoms with Gasteiger partial charge < -0.3 is 10.1 Å². The number of ether oxygens (including phenoxy) is 1. The Bertz CT molecular complexity index is 1280. The Labute approximate surface area is 201 Å². The zero-order valence-electron chi connectivity index (χ0n) is 17.9. The molecule has 2 aromatic carbocycles. The molecule has 3 N–H and O–H groups in total. The van der Waals surface area contributed by atoms with Crippen molar-refractivity contribution >= 4 is 62.2 Å². The molecule has 0 unspecified atom stereocenters. The van der Waals surface area contributed by atoms with Crippen molar-refractivity contribution in [1.82, 2.24) is 9.97 Å². The number of hydrogen-bond donors (Lipinski definition) is 3. The fourth-order valence-corrected chi connectivity index (χ4v) is 3.97. The minimum absolute atomic E-state index is 0.00530. The second kappa shape index (κ2) is 9.82. The van der Waals surface area contributed by atoms with E-state index in [1.807, 2.05) is 0 Å². The van der Waals surface area contributed by atoms with Crippen LogP contribution in [0.5, 0.6) is 0 Å². The summed E-state index contributed by atoms with van der Waals surface area (Å²) in [5.74, 6) is 0.236. The summed E-state index contributed by atoms with van der Waals surface area (Å²) in [5.41, 5.74) is 0.390. The summed E-state index contributed by atoms with van der Waals surface area (Å²) in [6.45, 7) is 5.23. The average Bonchev–Trinajstić information content (AvgIpc) is 2.69. The van der Waals surface area contributed by atoms with E-state index in [-0.39, 0.29) is 26.7 Å². The van der Waals surface area contributed by atoms with Gasteiger partial charge >= 0.3 is 6.09 Å². The summed E-state index contributed by atoms with van der Waals surface area (Å²) < 4.78 is 33.5. The van der Waals surface area contributed by atoms with Gasteiger partial charge in [-0.1, -0.05) is 23.7 Å². The Morgan fingerprint density at radius 1 is 1.00 bits per heavy atom. The Balaban J connectivity index is 1.76. The highest BCUT2D eigenvalue weighted by atomic mass is 35.5. The van der Waals surface area contributed by atoms with Crippen molar-refractivity contribution in [3.63, 3.8) is 0 Å². The number of nitrogens with one attached hydrogen (secondary N) is 3. The number of nitrogens with zero attached hydrogens (tertiary/aromatic N) is 2. The molecule has 3 rings (SSSR count). The van der Waals surface area contributed by atoms with E-state index in [0.717, 1.165) is 0 Å². The molecule has 1 aromatic heterocycles. The molecule has 9 nitrogen and oxygen atoms in total. The average molecular weight is 510 g/mol. The van der Waals surface area contributed by atoms with E-state index >= 15 is 0 Å². The molecule has 0 radical (unpaired) electrons. The van der Waals surface area contributed by atoms with Gasteiger partial charge in [0.2, 0.25) is 5.28 Å². The van der Waals surface area contributed by atoms with Crippen molar-refractivity contribution in [2.75, 3.05) is 15.4 Å². The predicted octanol–water partition coefficient (Wildman–Crippen LogP) is 5.67. The van der Waals surface area contributed by atoms with Crippen molar-refractivity contribution in [2.45, 2.75) is 31.3 Å². The van der Waals surface area contributed by atoms with Crippen LogP contribution in [0.25, 0.3) is 0 Å². The molecule has 0 saturated heterocycles. The molecule has 0 atom stereocenters. The lowest BCUT2D eigenvalue weighted by atomic mass is 10.2. The first-order valence-corrected chi connectivity index (χ1v) is 11.8. The van der Waals surface area contributed by atoms with Crippen LogP contribution in [0.3, 0.4) is 0 Å². The van der Waals surface area contributed by atoms with Crippen LogP contribution in [0.2, 0.25) is 10.3 Å². The number of rotatable bonds is 6. The van der Waals surface area contributed by atoms with Gasteiger partial charge in [0.25, 0.3) is 10.0 Å². The molecule has 174 valence electrons. The number of benzene rings is 2. The summed E-state index contributed by atoms with van der Waals surface area (Å²) in [6.07, 6.45) is 0.685. The molecular weight excluding hydrogens is 489 g/mol. The van der Waals surface area contributed by atoms with Crippen molar-refractivity contribution in [2.24, 2.45) is 0 Å². The summed E-state index contributed by atoms with van der Waals surface area (Å²) >= 11 is 11.8. The van der Waals surface area contributed by atoms with Crippen LogP contribution in [0.1, 0.15) is 20.8 Å². The van der Waals surface area contributed by atoms with E-state index in [1.54, 1.807) is 51.1 Å². The minimum Gasteiger partial charge on any atom is -0.444 e. The van der Waals surface area contributed by atoms with Gasteiger partial charge in [-0.2, -0.15) is 4.98 Å². The summed E-state index contributed by atoms with van der Waals surface area (Å²) in [5, 5.41) is 5.70. The Morgan fingerprint density at radius 2 is 1.67 bits per heavy atom. The summed E-state index contributed by atoms with van der Waals surface area (Å²) in [7, 11) is -3.95. The quantitative estimate of drug-likeness (QED) is 0.365. The van der Waals surface area contributed by atoms with Gasteiger partial charge in [-0.3, -0.25) is 10.0 Å². The number of carbonyl (C=O) groups excluding carboxylic acids is 1. The fraction of sp³-hybridized carbons (Fsp3) is 0.190. The maximum absolute atomic E-state index is 12.9. The molecule has 0 saturated carbocycles. The smallest absolute Gasteiger partial charge is 0.412 e. The van der Waals surface area contributed by atoms with E-state index in [2.05, 4.69) is 25.3 Å². The number of sulfonamides is 1. The highest BCUT2D eigenvalue weighted by molar-refractivity contribution is 7.92. The van der Waals surface area contributed by atoms with Crippen LogP contribution in [-0.2, 0) is 14.8 Å². The van der Waals surface area contributed by atoms with Crippen LogP contribution in [-0.4, -0.2) is 30.1 Å². The third-order valence-electron chi connectivity index (χ3n) is 3.88. The number of hydrogen-bond acceptors (Lipinski definition) is 7. The topological polar surface area (TPSA) is 122 Å². The van der Waals surface area contributed by atoms with Gasteiger partial charge in [-0.05, 0) is 68.8 Å². The summed E-state index contributed by atoms with van der Waals surface area (Å²) in [6, 6.07) is 12.3. The Hall–Kier alpha value is -3.08. The van der Waals surface area contributed by atoms with Crippen molar-refractivity contribution < 1.29 is 17.9 Å². The SMILES string of the molecule is CC(C)(C)OC(=O)Nc1cccc(NS(=O)(=O)c2cccc(Nc3nc(Cl)ncc3Cl)c2)c1. The Morgan fingerprint density at radius 3 is 2.39 bits per heavy atom.